The number of aliphatic hydroxyl groups excluding tert-OH is 1. The van der Waals surface area contributed by atoms with Crippen LogP contribution in [0.3, 0.4) is 0 Å². The van der Waals surface area contributed by atoms with E-state index in [-0.39, 0.29) is 6.61 Å². The first-order valence-corrected chi connectivity index (χ1v) is 12.9. The predicted octanol–water partition coefficient (Wildman–Crippen LogP) is 5.86. The van der Waals surface area contributed by atoms with Crippen LogP contribution >= 0.6 is 7.82 Å². The zero-order valence-electron chi connectivity index (χ0n) is 19.1. The van der Waals surface area contributed by atoms with Crippen LogP contribution in [0.2, 0.25) is 0 Å². The van der Waals surface area contributed by atoms with Crippen molar-refractivity contribution in [3.63, 3.8) is 0 Å². The highest BCUT2D eigenvalue weighted by atomic mass is 31.2. The molecule has 0 rings (SSSR count). The van der Waals surface area contributed by atoms with Crippen molar-refractivity contribution < 1.29 is 23.6 Å². The van der Waals surface area contributed by atoms with Crippen molar-refractivity contribution in [2.24, 2.45) is 5.73 Å². The topological polar surface area (TPSA) is 102 Å². The molecule has 6 nitrogen and oxygen atoms in total. The van der Waals surface area contributed by atoms with Crippen LogP contribution in [0, 0.1) is 0 Å². The van der Waals surface area contributed by atoms with Gasteiger partial charge < -0.3 is 15.7 Å². The molecular weight excluding hydrogens is 389 g/mol. The molecule has 3 atom stereocenters. The third-order valence-electron chi connectivity index (χ3n) is 4.57. The molecular formula is C22H46NO5P. The second kappa shape index (κ2) is 16.5. The van der Waals surface area contributed by atoms with Crippen molar-refractivity contribution in [2.75, 3.05) is 6.61 Å². The molecule has 0 heterocycles. The van der Waals surface area contributed by atoms with Gasteiger partial charge in [0.25, 0.3) is 0 Å². The van der Waals surface area contributed by atoms with Crippen LogP contribution in [0.5, 0.6) is 0 Å². The summed E-state index contributed by atoms with van der Waals surface area (Å²) in [6, 6.07) is -0.785. The van der Waals surface area contributed by atoms with Crippen molar-refractivity contribution in [2.45, 2.75) is 122 Å². The van der Waals surface area contributed by atoms with Gasteiger partial charge in [0.2, 0.25) is 0 Å². The quantitative estimate of drug-likeness (QED) is 0.141. The Hall–Kier alpha value is -0.230. The van der Waals surface area contributed by atoms with Gasteiger partial charge in [-0.3, -0.25) is 9.05 Å². The minimum Gasteiger partial charge on any atom is -0.387 e. The molecule has 0 aromatic rings. The number of phosphoric ester groups is 1. The highest BCUT2D eigenvalue weighted by Gasteiger charge is 2.30. The molecule has 0 spiro atoms. The van der Waals surface area contributed by atoms with E-state index in [0.29, 0.717) is 0 Å². The van der Waals surface area contributed by atoms with Crippen LogP contribution in [0.25, 0.3) is 0 Å². The summed E-state index contributed by atoms with van der Waals surface area (Å²) in [4.78, 5) is 9.64. The van der Waals surface area contributed by atoms with E-state index in [2.05, 4.69) is 6.92 Å². The van der Waals surface area contributed by atoms with E-state index in [1.165, 1.54) is 64.2 Å². The Labute approximate surface area is 178 Å². The highest BCUT2D eigenvalue weighted by molar-refractivity contribution is 7.47. The summed E-state index contributed by atoms with van der Waals surface area (Å²) in [5.41, 5.74) is 5.02. The number of aliphatic hydroxyl groups is 1. The first-order valence-electron chi connectivity index (χ1n) is 11.4. The van der Waals surface area contributed by atoms with E-state index in [1.807, 2.05) is 6.08 Å². The molecule has 0 radical (unpaired) electrons. The van der Waals surface area contributed by atoms with E-state index in [1.54, 1.807) is 26.8 Å². The number of hydrogen-bond acceptors (Lipinski definition) is 5. The van der Waals surface area contributed by atoms with Crippen LogP contribution in [0.15, 0.2) is 12.2 Å². The summed E-state index contributed by atoms with van der Waals surface area (Å²) in [6.45, 7) is 6.97. The van der Waals surface area contributed by atoms with E-state index >= 15 is 0 Å². The minimum absolute atomic E-state index is 0.256. The zero-order chi connectivity index (χ0) is 22.2. The lowest BCUT2D eigenvalue weighted by molar-refractivity contribution is 0.0525. The third kappa shape index (κ3) is 19.5. The molecule has 0 aliphatic carbocycles. The Balaban J connectivity index is 3.72. The Morgan fingerprint density at radius 3 is 1.93 bits per heavy atom. The van der Waals surface area contributed by atoms with Gasteiger partial charge in [-0.1, -0.05) is 83.3 Å². The zero-order valence-corrected chi connectivity index (χ0v) is 20.0. The monoisotopic (exact) mass is 435 g/mol. The average molecular weight is 436 g/mol. The van der Waals surface area contributed by atoms with E-state index < -0.39 is 25.6 Å². The molecule has 0 saturated heterocycles. The Morgan fingerprint density at radius 1 is 0.966 bits per heavy atom. The van der Waals surface area contributed by atoms with Crippen LogP contribution in [0.4, 0.5) is 0 Å². The summed E-state index contributed by atoms with van der Waals surface area (Å²) in [7, 11) is -4.18. The van der Waals surface area contributed by atoms with Crippen LogP contribution in [-0.2, 0) is 13.6 Å². The summed E-state index contributed by atoms with van der Waals surface area (Å²) >= 11 is 0. The number of allylic oxidation sites excluding steroid dienone is 1. The maximum absolute atomic E-state index is 11.8. The van der Waals surface area contributed by atoms with Crippen molar-refractivity contribution >= 4 is 7.82 Å². The van der Waals surface area contributed by atoms with Crippen molar-refractivity contribution in [1.82, 2.24) is 0 Å². The molecule has 0 aromatic heterocycles. The lowest BCUT2D eigenvalue weighted by Gasteiger charge is -2.24. The van der Waals surface area contributed by atoms with Crippen molar-refractivity contribution in [1.29, 1.82) is 0 Å². The Bertz CT molecular complexity index is 465. The first-order chi connectivity index (χ1) is 13.6. The number of nitrogens with two attached hydrogens (primary N) is 1. The Morgan fingerprint density at radius 2 is 1.45 bits per heavy atom. The highest BCUT2D eigenvalue weighted by Crippen LogP contribution is 2.47. The van der Waals surface area contributed by atoms with Gasteiger partial charge >= 0.3 is 7.82 Å². The number of rotatable bonds is 18. The van der Waals surface area contributed by atoms with Gasteiger partial charge in [-0.25, -0.2) is 4.57 Å². The Kier molecular flexibility index (Phi) is 16.3. The molecule has 4 N–H and O–H groups in total. The molecule has 1 unspecified atom stereocenters. The maximum atomic E-state index is 11.8. The molecule has 0 aliphatic rings. The molecule has 0 aliphatic heterocycles. The van der Waals surface area contributed by atoms with Crippen LogP contribution in [-0.4, -0.2) is 34.4 Å². The summed E-state index contributed by atoms with van der Waals surface area (Å²) < 4.78 is 21.6. The predicted molar refractivity (Wildman–Crippen MR) is 121 cm³/mol. The average Bonchev–Trinajstić information content (AvgIpc) is 2.61. The molecule has 0 aromatic carbocycles. The normalized spacial score (nSPS) is 16.8. The number of phosphoric acid groups is 1. The van der Waals surface area contributed by atoms with E-state index in [9.17, 15) is 14.6 Å². The fraction of sp³-hybridized carbons (Fsp3) is 0.909. The fourth-order valence-corrected chi connectivity index (χ4v) is 4.06. The summed E-state index contributed by atoms with van der Waals surface area (Å²) in [5, 5.41) is 10.0. The van der Waals surface area contributed by atoms with Gasteiger partial charge in [0.05, 0.1) is 24.4 Å². The largest absolute Gasteiger partial charge is 0.472 e. The lowest BCUT2D eigenvalue weighted by Crippen LogP contribution is -2.37. The first kappa shape index (κ1) is 28.8. The van der Waals surface area contributed by atoms with Crippen LogP contribution in [0.1, 0.15) is 105 Å². The summed E-state index contributed by atoms with van der Waals surface area (Å²) in [5.74, 6) is 0. The molecule has 0 bridgehead atoms. The van der Waals surface area contributed by atoms with Gasteiger partial charge in [-0.2, -0.15) is 0 Å². The molecule has 29 heavy (non-hydrogen) atoms. The van der Waals surface area contributed by atoms with Crippen LogP contribution < -0.4 is 5.73 Å². The van der Waals surface area contributed by atoms with Crippen molar-refractivity contribution in [3.8, 4) is 0 Å². The van der Waals surface area contributed by atoms with E-state index in [4.69, 9.17) is 14.8 Å². The standard InChI is InChI=1S/C22H46NO5P/c1-5-6-7-8-9-10-11-12-13-14-15-16-17-18-21(24)20(23)19-27-29(25,26)28-22(2,3)4/h17-18,20-21,24H,5-16,19,23H2,1-4H3,(H,25,26)/b18-17+/t20-,21+/m1/s1. The maximum Gasteiger partial charge on any atom is 0.472 e. The van der Waals surface area contributed by atoms with E-state index in [0.717, 1.165) is 12.8 Å². The molecule has 0 saturated carbocycles. The van der Waals surface area contributed by atoms with Gasteiger partial charge in [0.1, 0.15) is 0 Å². The SMILES string of the molecule is CCCCCCCCCCCCC/C=C/[C@H](O)[C@H](N)COP(=O)(O)OC(C)(C)C. The lowest BCUT2D eigenvalue weighted by atomic mass is 10.0. The third-order valence-corrected chi connectivity index (χ3v) is 5.82. The van der Waals surface area contributed by atoms with Gasteiger partial charge in [-0.05, 0) is 33.6 Å². The van der Waals surface area contributed by atoms with Crippen molar-refractivity contribution in [3.05, 3.63) is 12.2 Å². The molecule has 0 amide bonds. The number of unbranched alkanes of at least 4 members (excludes halogenated alkanes) is 11. The number of hydrogen-bond donors (Lipinski definition) is 3. The smallest absolute Gasteiger partial charge is 0.387 e. The minimum atomic E-state index is -4.18. The molecule has 7 heteroatoms. The fourth-order valence-electron chi connectivity index (χ4n) is 2.96. The van der Waals surface area contributed by atoms with Gasteiger partial charge in [0, 0.05) is 0 Å². The van der Waals surface area contributed by atoms with Gasteiger partial charge in [-0.15, -0.1) is 0 Å². The second-order valence-electron chi connectivity index (χ2n) is 8.87. The molecule has 174 valence electrons. The van der Waals surface area contributed by atoms with Gasteiger partial charge in [0.15, 0.2) is 0 Å². The molecule has 0 fully saturated rings. The second-order valence-corrected chi connectivity index (χ2v) is 10.3. The summed E-state index contributed by atoms with van der Waals surface area (Å²) in [6.07, 6.45) is 17.9.